The number of hydrazine groups is 1. The van der Waals surface area contributed by atoms with Crippen LogP contribution in [0.3, 0.4) is 0 Å². The van der Waals surface area contributed by atoms with Crippen LogP contribution in [0.2, 0.25) is 5.02 Å². The van der Waals surface area contributed by atoms with Gasteiger partial charge in [-0.05, 0) is 25.5 Å². The first kappa shape index (κ1) is 12.2. The molecule has 6 heteroatoms. The molecule has 0 bridgehead atoms. The number of hydrogen-bond donors (Lipinski definition) is 2. The van der Waals surface area contributed by atoms with Gasteiger partial charge < -0.3 is 4.42 Å². The molecule has 0 aromatic carbocycles. The predicted octanol–water partition coefficient (Wildman–Crippen LogP) is 2.01. The molecule has 2 aromatic heterocycles. The second-order valence-corrected chi connectivity index (χ2v) is 4.17. The summed E-state index contributed by atoms with van der Waals surface area (Å²) in [6, 6.07) is 1.60. The smallest absolute Gasteiger partial charge is 0.131 e. The molecule has 0 aliphatic carbocycles. The zero-order valence-corrected chi connectivity index (χ0v) is 10.5. The van der Waals surface area contributed by atoms with Gasteiger partial charge in [0.2, 0.25) is 0 Å². The maximum absolute atomic E-state index is 6.15. The normalized spacial score (nSPS) is 12.9. The number of hydrogen-bond acceptors (Lipinski definition) is 4. The SMILES string of the molecule is CCn1ncc(Cl)c1C(NN)c1occc1C. The molecule has 1 unspecified atom stereocenters. The third kappa shape index (κ3) is 2.09. The quantitative estimate of drug-likeness (QED) is 0.647. The van der Waals surface area contributed by atoms with Crippen molar-refractivity contribution in [3.05, 3.63) is 40.6 Å². The van der Waals surface area contributed by atoms with E-state index in [4.69, 9.17) is 21.9 Å². The highest BCUT2D eigenvalue weighted by atomic mass is 35.5. The molecule has 2 aromatic rings. The topological polar surface area (TPSA) is 69.0 Å². The fraction of sp³-hybridized carbons (Fsp3) is 0.364. The average Bonchev–Trinajstić information content (AvgIpc) is 2.89. The van der Waals surface area contributed by atoms with Gasteiger partial charge in [-0.1, -0.05) is 11.6 Å². The van der Waals surface area contributed by atoms with Gasteiger partial charge in [-0.2, -0.15) is 5.10 Å². The van der Waals surface area contributed by atoms with Gasteiger partial charge in [0.05, 0.1) is 23.2 Å². The Labute approximate surface area is 105 Å². The molecule has 0 amide bonds. The van der Waals surface area contributed by atoms with Crippen LogP contribution >= 0.6 is 11.6 Å². The molecule has 0 aliphatic rings. The number of rotatable bonds is 4. The van der Waals surface area contributed by atoms with Crippen molar-refractivity contribution < 1.29 is 4.42 Å². The summed E-state index contributed by atoms with van der Waals surface area (Å²) < 4.78 is 7.25. The van der Waals surface area contributed by atoms with Gasteiger partial charge in [0.25, 0.3) is 0 Å². The van der Waals surface area contributed by atoms with Gasteiger partial charge in [0.1, 0.15) is 11.8 Å². The van der Waals surface area contributed by atoms with Crippen LogP contribution in [0.15, 0.2) is 22.9 Å². The number of aromatic nitrogens is 2. The van der Waals surface area contributed by atoms with Gasteiger partial charge in [-0.15, -0.1) is 0 Å². The van der Waals surface area contributed by atoms with E-state index >= 15 is 0 Å². The third-order valence-corrected chi connectivity index (χ3v) is 3.03. The van der Waals surface area contributed by atoms with Crippen molar-refractivity contribution in [3.8, 4) is 0 Å². The molecule has 3 N–H and O–H groups in total. The van der Waals surface area contributed by atoms with Crippen LogP contribution in [-0.2, 0) is 6.54 Å². The van der Waals surface area contributed by atoms with Crippen LogP contribution in [0.4, 0.5) is 0 Å². The van der Waals surface area contributed by atoms with Crippen LogP contribution in [0.5, 0.6) is 0 Å². The number of furan rings is 1. The summed E-state index contributed by atoms with van der Waals surface area (Å²) in [7, 11) is 0. The largest absolute Gasteiger partial charge is 0.467 e. The fourth-order valence-corrected chi connectivity index (χ4v) is 2.12. The Morgan fingerprint density at radius 2 is 2.41 bits per heavy atom. The number of nitrogens with zero attached hydrogens (tertiary/aromatic N) is 2. The van der Waals surface area contributed by atoms with Gasteiger partial charge in [0.15, 0.2) is 0 Å². The maximum atomic E-state index is 6.15. The van der Waals surface area contributed by atoms with Gasteiger partial charge in [0, 0.05) is 6.54 Å². The van der Waals surface area contributed by atoms with E-state index in [-0.39, 0.29) is 6.04 Å². The summed E-state index contributed by atoms with van der Waals surface area (Å²) in [5.74, 6) is 6.36. The zero-order chi connectivity index (χ0) is 12.4. The predicted molar refractivity (Wildman–Crippen MR) is 65.5 cm³/mol. The number of halogens is 1. The highest BCUT2D eigenvalue weighted by molar-refractivity contribution is 6.31. The molecule has 2 heterocycles. The fourth-order valence-electron chi connectivity index (χ4n) is 1.87. The Bertz CT molecular complexity index is 505. The summed E-state index contributed by atoms with van der Waals surface area (Å²) in [6.07, 6.45) is 3.25. The van der Waals surface area contributed by atoms with Crippen LogP contribution in [0.25, 0.3) is 0 Å². The minimum atomic E-state index is -0.292. The molecule has 0 radical (unpaired) electrons. The average molecular weight is 255 g/mol. The number of nitrogens with two attached hydrogens (primary N) is 1. The molecule has 17 heavy (non-hydrogen) atoms. The van der Waals surface area contributed by atoms with Crippen molar-refractivity contribution in [2.45, 2.75) is 26.4 Å². The molecule has 0 spiro atoms. The highest BCUT2D eigenvalue weighted by Crippen LogP contribution is 2.29. The zero-order valence-electron chi connectivity index (χ0n) is 9.77. The third-order valence-electron chi connectivity index (χ3n) is 2.74. The van der Waals surface area contributed by atoms with Crippen molar-refractivity contribution in [2.75, 3.05) is 0 Å². The molecule has 1 atom stereocenters. The van der Waals surface area contributed by atoms with Crippen LogP contribution in [0, 0.1) is 6.92 Å². The van der Waals surface area contributed by atoms with Crippen molar-refractivity contribution in [3.63, 3.8) is 0 Å². The Morgan fingerprint density at radius 3 is 2.94 bits per heavy atom. The van der Waals surface area contributed by atoms with Crippen LogP contribution < -0.4 is 11.3 Å². The minimum absolute atomic E-state index is 0.292. The lowest BCUT2D eigenvalue weighted by atomic mass is 10.1. The van der Waals surface area contributed by atoms with Gasteiger partial charge >= 0.3 is 0 Å². The van der Waals surface area contributed by atoms with E-state index in [9.17, 15) is 0 Å². The van der Waals surface area contributed by atoms with Crippen molar-refractivity contribution in [2.24, 2.45) is 5.84 Å². The molecule has 2 rings (SSSR count). The number of nitrogens with one attached hydrogen (secondary N) is 1. The van der Waals surface area contributed by atoms with E-state index in [1.54, 1.807) is 17.1 Å². The van der Waals surface area contributed by atoms with Crippen LogP contribution in [-0.4, -0.2) is 9.78 Å². The lowest BCUT2D eigenvalue weighted by Crippen LogP contribution is -2.31. The monoisotopic (exact) mass is 254 g/mol. The summed E-state index contributed by atoms with van der Waals surface area (Å²) in [4.78, 5) is 0. The minimum Gasteiger partial charge on any atom is -0.467 e. The van der Waals surface area contributed by atoms with E-state index in [2.05, 4.69) is 10.5 Å². The van der Waals surface area contributed by atoms with E-state index in [0.29, 0.717) is 5.02 Å². The van der Waals surface area contributed by atoms with E-state index in [1.807, 2.05) is 19.9 Å². The summed E-state index contributed by atoms with van der Waals surface area (Å²) in [6.45, 7) is 4.68. The molecule has 0 aliphatic heterocycles. The van der Waals surface area contributed by atoms with Crippen molar-refractivity contribution in [1.82, 2.24) is 15.2 Å². The molecular weight excluding hydrogens is 240 g/mol. The van der Waals surface area contributed by atoms with E-state index < -0.39 is 0 Å². The lowest BCUT2D eigenvalue weighted by molar-refractivity contribution is 0.430. The maximum Gasteiger partial charge on any atom is 0.131 e. The standard InChI is InChI=1S/C11H15ClN4O/c1-3-16-10(8(12)6-14-16)9(15-13)11-7(2)4-5-17-11/h4-6,9,15H,3,13H2,1-2H3. The van der Waals surface area contributed by atoms with E-state index in [1.165, 1.54) is 0 Å². The first-order valence-electron chi connectivity index (χ1n) is 5.40. The first-order chi connectivity index (χ1) is 8.19. The van der Waals surface area contributed by atoms with E-state index in [0.717, 1.165) is 23.6 Å². The summed E-state index contributed by atoms with van der Waals surface area (Å²) in [5.41, 5.74) is 4.56. The molecule has 0 saturated heterocycles. The second-order valence-electron chi connectivity index (χ2n) is 3.76. The molecule has 0 saturated carbocycles. The Kier molecular flexibility index (Phi) is 3.51. The first-order valence-corrected chi connectivity index (χ1v) is 5.78. The number of aryl methyl sites for hydroxylation is 2. The molecular formula is C11H15ClN4O. The van der Waals surface area contributed by atoms with Crippen molar-refractivity contribution in [1.29, 1.82) is 0 Å². The summed E-state index contributed by atoms with van der Waals surface area (Å²) >= 11 is 6.15. The van der Waals surface area contributed by atoms with Crippen LogP contribution in [0.1, 0.15) is 30.0 Å². The Hall–Kier alpha value is -1.30. The Morgan fingerprint density at radius 1 is 1.65 bits per heavy atom. The second kappa shape index (κ2) is 4.91. The summed E-state index contributed by atoms with van der Waals surface area (Å²) in [5, 5.41) is 4.76. The molecule has 5 nitrogen and oxygen atoms in total. The molecule has 92 valence electrons. The van der Waals surface area contributed by atoms with Gasteiger partial charge in [-0.25, -0.2) is 5.43 Å². The molecule has 0 fully saturated rings. The Balaban J connectivity index is 2.49. The van der Waals surface area contributed by atoms with Gasteiger partial charge in [-0.3, -0.25) is 10.5 Å². The van der Waals surface area contributed by atoms with Crippen molar-refractivity contribution >= 4 is 11.6 Å². The lowest BCUT2D eigenvalue weighted by Gasteiger charge is -2.16. The highest BCUT2D eigenvalue weighted by Gasteiger charge is 2.24.